The van der Waals surface area contributed by atoms with Crippen molar-refractivity contribution in [2.75, 3.05) is 0 Å². The normalized spacial score (nSPS) is 0. The van der Waals surface area contributed by atoms with Crippen molar-refractivity contribution in [3.63, 3.8) is 0 Å². The second-order valence-electron chi connectivity index (χ2n) is 0. The predicted octanol–water partition coefficient (Wildman–Crippen LogP) is -5.77. The standard InChI is InChI=1S/Fe.K.Na.Zn.2H/q;2*+1;;2*-1. The molecule has 0 aromatic heterocycles. The van der Waals surface area contributed by atoms with Crippen molar-refractivity contribution >= 4 is 0 Å². The molecular weight excluding hydrogens is 183 g/mol. The van der Waals surface area contributed by atoms with Gasteiger partial charge >= 0.3 is 80.9 Å². The van der Waals surface area contributed by atoms with E-state index in [1.165, 1.54) is 0 Å². The molecule has 0 nitrogen and oxygen atoms in total. The van der Waals surface area contributed by atoms with Gasteiger partial charge in [0.15, 0.2) is 0 Å². The van der Waals surface area contributed by atoms with Crippen LogP contribution in [0.2, 0.25) is 0 Å². The SMILES string of the molecule is [Fe].[H-].[H-].[K+].[Na+].[Zn]. The summed E-state index contributed by atoms with van der Waals surface area (Å²) in [6.45, 7) is 0. The van der Waals surface area contributed by atoms with E-state index in [1.54, 1.807) is 0 Å². The first-order valence-electron chi connectivity index (χ1n) is 0. The molecule has 0 amide bonds. The van der Waals surface area contributed by atoms with E-state index in [0.29, 0.717) is 0 Å². The van der Waals surface area contributed by atoms with E-state index in [-0.39, 0.29) is 120 Å². The Bertz CT molecular complexity index is 13.5. The third-order valence-corrected chi connectivity index (χ3v) is 0. The average molecular weight is 185 g/mol. The minimum absolute atomic E-state index is 0. The summed E-state index contributed by atoms with van der Waals surface area (Å²) >= 11 is 0. The first-order chi connectivity index (χ1) is 0. The molecule has 0 aliphatic carbocycles. The van der Waals surface area contributed by atoms with Crippen molar-refractivity contribution in [2.24, 2.45) is 0 Å². The fraction of sp³-hybridized carbons (Fsp3) is 0. The summed E-state index contributed by atoms with van der Waals surface area (Å²) in [5.41, 5.74) is 0. The summed E-state index contributed by atoms with van der Waals surface area (Å²) < 4.78 is 0. The molecule has 0 atom stereocenters. The summed E-state index contributed by atoms with van der Waals surface area (Å²) in [5, 5.41) is 0. The Labute approximate surface area is 117 Å². The van der Waals surface area contributed by atoms with E-state index in [2.05, 4.69) is 0 Å². The predicted molar refractivity (Wildman–Crippen MR) is 2.22 cm³/mol. The quantitative estimate of drug-likeness (QED) is 0.330. The van der Waals surface area contributed by atoms with E-state index in [1.807, 2.05) is 0 Å². The first kappa shape index (κ1) is 25.0. The van der Waals surface area contributed by atoms with Crippen LogP contribution in [0.5, 0.6) is 0 Å². The zero-order valence-corrected chi connectivity index (χ0v) is 12.3. The topological polar surface area (TPSA) is 0 Å². The van der Waals surface area contributed by atoms with Gasteiger partial charge in [-0.3, -0.25) is 0 Å². The van der Waals surface area contributed by atoms with Crippen LogP contribution in [0.1, 0.15) is 2.85 Å². The largest absolute Gasteiger partial charge is 1.00 e. The van der Waals surface area contributed by atoms with Gasteiger partial charge in [-0.25, -0.2) is 0 Å². The summed E-state index contributed by atoms with van der Waals surface area (Å²) in [4.78, 5) is 0. The molecule has 4 heteroatoms. The first-order valence-corrected chi connectivity index (χ1v) is 0. The van der Waals surface area contributed by atoms with E-state index in [9.17, 15) is 0 Å². The molecule has 0 radical (unpaired) electrons. The van der Waals surface area contributed by atoms with Crippen LogP contribution in [0, 0.1) is 0 Å². The molecule has 0 unspecified atom stereocenters. The van der Waals surface area contributed by atoms with Gasteiger partial charge in [-0.1, -0.05) is 0 Å². The van der Waals surface area contributed by atoms with Gasteiger partial charge in [-0.05, 0) is 0 Å². The number of rotatable bonds is 0. The molecule has 0 heterocycles. The van der Waals surface area contributed by atoms with E-state index in [4.69, 9.17) is 0 Å². The van der Waals surface area contributed by atoms with Gasteiger partial charge in [0.05, 0.1) is 0 Å². The molecule has 0 saturated carbocycles. The van der Waals surface area contributed by atoms with Crippen LogP contribution in [0.4, 0.5) is 0 Å². The zero-order chi connectivity index (χ0) is 0. The summed E-state index contributed by atoms with van der Waals surface area (Å²) in [7, 11) is 0. The van der Waals surface area contributed by atoms with Gasteiger partial charge in [-0.2, -0.15) is 0 Å². The molecule has 0 spiro atoms. The van der Waals surface area contributed by atoms with Gasteiger partial charge in [0.2, 0.25) is 0 Å². The minimum atomic E-state index is 0. The van der Waals surface area contributed by atoms with Crippen molar-refractivity contribution < 1.29 is 120 Å². The zero-order valence-electron chi connectivity index (χ0n) is 5.06. The minimum Gasteiger partial charge on any atom is -1.00 e. The maximum atomic E-state index is 0. The van der Waals surface area contributed by atoms with Crippen LogP contribution in [0.15, 0.2) is 0 Å². The second-order valence-corrected chi connectivity index (χ2v) is 0. The van der Waals surface area contributed by atoms with Crippen molar-refractivity contribution in [1.29, 1.82) is 0 Å². The van der Waals surface area contributed by atoms with Crippen molar-refractivity contribution in [1.82, 2.24) is 0 Å². The molecule has 0 aliphatic rings. The van der Waals surface area contributed by atoms with E-state index < -0.39 is 0 Å². The maximum Gasteiger partial charge on any atom is 1.00 e. The van der Waals surface area contributed by atoms with E-state index in [0.717, 1.165) is 0 Å². The monoisotopic (exact) mass is 184 g/mol. The number of hydrogen-bond donors (Lipinski definition) is 0. The van der Waals surface area contributed by atoms with Crippen molar-refractivity contribution in [3.05, 3.63) is 0 Å². The molecular formula is H2FeKNaZn. The van der Waals surface area contributed by atoms with Crippen LogP contribution >= 0.6 is 0 Å². The molecule has 14 valence electrons. The maximum absolute atomic E-state index is 0. The summed E-state index contributed by atoms with van der Waals surface area (Å²) in [6.07, 6.45) is 0. The van der Waals surface area contributed by atoms with E-state index >= 15 is 0 Å². The van der Waals surface area contributed by atoms with Gasteiger partial charge in [0, 0.05) is 36.5 Å². The van der Waals surface area contributed by atoms with Crippen LogP contribution < -0.4 is 80.9 Å². The van der Waals surface area contributed by atoms with Gasteiger partial charge in [0.1, 0.15) is 0 Å². The molecule has 0 fully saturated rings. The molecule has 0 aromatic rings. The molecule has 0 rings (SSSR count). The second kappa shape index (κ2) is 15.9. The fourth-order valence-corrected chi connectivity index (χ4v) is 0. The Hall–Kier alpha value is 3.78. The molecule has 4 heavy (non-hydrogen) atoms. The molecule has 0 bridgehead atoms. The van der Waals surface area contributed by atoms with Crippen LogP contribution in [-0.4, -0.2) is 0 Å². The van der Waals surface area contributed by atoms with Crippen LogP contribution in [-0.2, 0) is 36.5 Å². The average Bonchev–Trinajstić information content (AvgIpc) is 0. The van der Waals surface area contributed by atoms with Crippen LogP contribution in [0.25, 0.3) is 0 Å². The summed E-state index contributed by atoms with van der Waals surface area (Å²) in [5.74, 6) is 0. The molecule has 0 saturated heterocycles. The smallest absolute Gasteiger partial charge is 1.00 e. The van der Waals surface area contributed by atoms with Gasteiger partial charge in [0.25, 0.3) is 0 Å². The Balaban J connectivity index is 0. The molecule has 0 aromatic carbocycles. The number of hydrogen-bond acceptors (Lipinski definition) is 0. The Morgan fingerprint density at radius 2 is 1.25 bits per heavy atom. The van der Waals surface area contributed by atoms with Crippen molar-refractivity contribution in [2.45, 2.75) is 0 Å². The van der Waals surface area contributed by atoms with Crippen LogP contribution in [0.3, 0.4) is 0 Å². The van der Waals surface area contributed by atoms with Gasteiger partial charge < -0.3 is 2.85 Å². The third-order valence-electron chi connectivity index (χ3n) is 0. The Morgan fingerprint density at radius 3 is 1.25 bits per heavy atom. The van der Waals surface area contributed by atoms with Gasteiger partial charge in [-0.15, -0.1) is 0 Å². The molecule has 0 N–H and O–H groups in total. The summed E-state index contributed by atoms with van der Waals surface area (Å²) in [6, 6.07) is 0. The Kier molecular flexibility index (Phi) is 99.2. The van der Waals surface area contributed by atoms with Crippen molar-refractivity contribution in [3.8, 4) is 0 Å². The molecule has 0 aliphatic heterocycles. The Morgan fingerprint density at radius 1 is 1.25 bits per heavy atom. The fourth-order valence-electron chi connectivity index (χ4n) is 0. The third kappa shape index (κ3) is 9.24.